The molecule has 0 aromatic heterocycles. The van der Waals surface area contributed by atoms with Crippen molar-refractivity contribution in [3.8, 4) is 0 Å². The van der Waals surface area contributed by atoms with Gasteiger partial charge in [-0.05, 0) is 68.3 Å². The quantitative estimate of drug-likeness (QED) is 0.325. The second-order valence-corrected chi connectivity index (χ2v) is 9.96. The molecule has 0 N–H and O–H groups in total. The summed E-state index contributed by atoms with van der Waals surface area (Å²) in [5.41, 5.74) is 3.13. The van der Waals surface area contributed by atoms with Crippen molar-refractivity contribution in [3.63, 3.8) is 0 Å². The van der Waals surface area contributed by atoms with Gasteiger partial charge >= 0.3 is 0 Å². The van der Waals surface area contributed by atoms with E-state index >= 15 is 0 Å². The lowest BCUT2D eigenvalue weighted by Gasteiger charge is -2.28. The molecule has 4 aromatic rings. The Bertz CT molecular complexity index is 1240. The first-order valence-electron chi connectivity index (χ1n) is 10.5. The van der Waals surface area contributed by atoms with E-state index < -0.39 is 0 Å². The fourth-order valence-corrected chi connectivity index (χ4v) is 4.56. The van der Waals surface area contributed by atoms with E-state index in [2.05, 4.69) is 46.8 Å². The lowest BCUT2D eigenvalue weighted by atomic mass is 9.76. The highest BCUT2D eigenvalue weighted by Gasteiger charge is 2.25. The van der Waals surface area contributed by atoms with Crippen LogP contribution in [0.1, 0.15) is 51.3 Å². The van der Waals surface area contributed by atoms with Crippen molar-refractivity contribution >= 4 is 21.5 Å². The maximum absolute atomic E-state index is 14.5. The Morgan fingerprint density at radius 1 is 0.667 bits per heavy atom. The van der Waals surface area contributed by atoms with E-state index in [9.17, 15) is 8.78 Å². The van der Waals surface area contributed by atoms with Gasteiger partial charge in [-0.3, -0.25) is 0 Å². The van der Waals surface area contributed by atoms with E-state index in [0.29, 0.717) is 5.39 Å². The van der Waals surface area contributed by atoms with Crippen LogP contribution in [0.4, 0.5) is 8.78 Å². The Balaban J connectivity index is 1.82. The van der Waals surface area contributed by atoms with E-state index in [1.54, 1.807) is 12.1 Å². The molecule has 0 aliphatic heterocycles. The molecule has 4 rings (SSSR count). The number of fused-ring (bicyclic) bond motifs is 2. The highest BCUT2D eigenvalue weighted by Crippen LogP contribution is 2.36. The molecule has 0 spiro atoms. The molecule has 0 nitrogen and oxygen atoms in total. The Morgan fingerprint density at radius 2 is 1.43 bits per heavy atom. The van der Waals surface area contributed by atoms with Gasteiger partial charge in [0, 0.05) is 5.39 Å². The molecular formula is C28H28F2. The van der Waals surface area contributed by atoms with Gasteiger partial charge in [0.05, 0.1) is 0 Å². The largest absolute Gasteiger partial charge is 0.207 e. The van der Waals surface area contributed by atoms with E-state index in [0.717, 1.165) is 39.3 Å². The van der Waals surface area contributed by atoms with Gasteiger partial charge in [-0.15, -0.1) is 0 Å². The number of rotatable bonds is 3. The van der Waals surface area contributed by atoms with Crippen LogP contribution in [0.15, 0.2) is 66.7 Å². The van der Waals surface area contributed by atoms with Crippen LogP contribution in [-0.2, 0) is 17.3 Å². The molecule has 0 amide bonds. The molecule has 0 saturated heterocycles. The van der Waals surface area contributed by atoms with Gasteiger partial charge in [-0.2, -0.15) is 0 Å². The van der Waals surface area contributed by atoms with Crippen molar-refractivity contribution in [1.29, 1.82) is 0 Å². The zero-order chi connectivity index (χ0) is 21.7. The summed E-state index contributed by atoms with van der Waals surface area (Å²) in [6, 6.07) is 20.6. The summed E-state index contributed by atoms with van der Waals surface area (Å²) in [6.07, 6.45) is 0.776. The van der Waals surface area contributed by atoms with Gasteiger partial charge in [0.15, 0.2) is 0 Å². The Morgan fingerprint density at radius 3 is 2.17 bits per heavy atom. The SMILES string of the molecule is CC(C)(C)c1ccc(F)c2ccc(CC(C)(C)c3cccc4ccc(F)cc34)cc12. The average molecular weight is 403 g/mol. The van der Waals surface area contributed by atoms with Crippen LogP contribution < -0.4 is 0 Å². The van der Waals surface area contributed by atoms with Crippen LogP contribution in [0, 0.1) is 11.6 Å². The number of hydrogen-bond donors (Lipinski definition) is 0. The monoisotopic (exact) mass is 402 g/mol. The molecule has 0 bridgehead atoms. The second kappa shape index (κ2) is 7.19. The van der Waals surface area contributed by atoms with E-state index in [1.165, 1.54) is 6.07 Å². The summed E-state index contributed by atoms with van der Waals surface area (Å²) in [4.78, 5) is 0. The summed E-state index contributed by atoms with van der Waals surface area (Å²) in [5.74, 6) is -0.407. The standard InChI is InChI=1S/C28H28F2/c1-27(2,3)24-13-14-26(30)21-12-9-18(15-23(21)24)17-28(4,5)25-8-6-7-19-10-11-20(29)16-22(19)25/h6-16H,17H2,1-5H3. The first kappa shape index (κ1) is 20.5. The molecule has 0 heterocycles. The minimum absolute atomic E-state index is 0.0761. The number of benzene rings is 4. The van der Waals surface area contributed by atoms with Crippen molar-refractivity contribution in [2.24, 2.45) is 0 Å². The predicted molar refractivity (Wildman–Crippen MR) is 123 cm³/mol. The molecule has 0 fully saturated rings. The second-order valence-electron chi connectivity index (χ2n) is 9.96. The van der Waals surface area contributed by atoms with Crippen LogP contribution >= 0.6 is 0 Å². The normalized spacial score (nSPS) is 12.6. The molecule has 0 saturated carbocycles. The molecule has 0 unspecified atom stereocenters. The van der Waals surface area contributed by atoms with Crippen molar-refractivity contribution in [2.45, 2.75) is 51.9 Å². The van der Waals surface area contributed by atoms with Crippen LogP contribution in [0.3, 0.4) is 0 Å². The van der Waals surface area contributed by atoms with Gasteiger partial charge in [-0.1, -0.05) is 83.1 Å². The molecule has 0 radical (unpaired) electrons. The molecule has 0 aliphatic carbocycles. The fourth-order valence-electron chi connectivity index (χ4n) is 4.56. The van der Waals surface area contributed by atoms with Crippen LogP contribution in [-0.4, -0.2) is 0 Å². The van der Waals surface area contributed by atoms with Crippen molar-refractivity contribution in [2.75, 3.05) is 0 Å². The summed E-state index contributed by atoms with van der Waals surface area (Å²) >= 11 is 0. The van der Waals surface area contributed by atoms with Crippen molar-refractivity contribution in [1.82, 2.24) is 0 Å². The van der Waals surface area contributed by atoms with Gasteiger partial charge in [0.2, 0.25) is 0 Å². The lowest BCUT2D eigenvalue weighted by Crippen LogP contribution is -2.21. The zero-order valence-corrected chi connectivity index (χ0v) is 18.3. The summed E-state index contributed by atoms with van der Waals surface area (Å²) in [7, 11) is 0. The molecule has 0 aliphatic rings. The van der Waals surface area contributed by atoms with Crippen LogP contribution in [0.2, 0.25) is 0 Å². The van der Waals surface area contributed by atoms with Gasteiger partial charge in [-0.25, -0.2) is 8.78 Å². The van der Waals surface area contributed by atoms with E-state index in [4.69, 9.17) is 0 Å². The number of hydrogen-bond acceptors (Lipinski definition) is 0. The Kier molecular flexibility index (Phi) is 4.92. The minimum Gasteiger partial charge on any atom is -0.207 e. The molecule has 2 heteroatoms. The Labute approximate surface area is 177 Å². The summed E-state index contributed by atoms with van der Waals surface area (Å²) in [6.45, 7) is 10.8. The third kappa shape index (κ3) is 3.71. The van der Waals surface area contributed by atoms with Gasteiger partial charge < -0.3 is 0 Å². The van der Waals surface area contributed by atoms with Crippen LogP contribution in [0.25, 0.3) is 21.5 Å². The Hall–Kier alpha value is -2.74. The first-order chi connectivity index (χ1) is 14.1. The molecule has 30 heavy (non-hydrogen) atoms. The van der Waals surface area contributed by atoms with Crippen LogP contribution in [0.5, 0.6) is 0 Å². The van der Waals surface area contributed by atoms with Gasteiger partial charge in [0.1, 0.15) is 11.6 Å². The fraction of sp³-hybridized carbons (Fsp3) is 0.286. The maximum Gasteiger partial charge on any atom is 0.131 e. The summed E-state index contributed by atoms with van der Waals surface area (Å²) < 4.78 is 28.4. The topological polar surface area (TPSA) is 0 Å². The third-order valence-corrected chi connectivity index (χ3v) is 6.06. The molecule has 0 atom stereocenters. The maximum atomic E-state index is 14.5. The zero-order valence-electron chi connectivity index (χ0n) is 18.3. The predicted octanol–water partition coefficient (Wildman–Crippen LogP) is 8.09. The molecular weight excluding hydrogens is 374 g/mol. The minimum atomic E-state index is -0.221. The third-order valence-electron chi connectivity index (χ3n) is 6.06. The smallest absolute Gasteiger partial charge is 0.131 e. The van der Waals surface area contributed by atoms with Crippen molar-refractivity contribution in [3.05, 3.63) is 95.1 Å². The summed E-state index contributed by atoms with van der Waals surface area (Å²) in [5, 5.41) is 3.62. The van der Waals surface area contributed by atoms with E-state index in [-0.39, 0.29) is 22.5 Å². The highest BCUT2D eigenvalue weighted by atomic mass is 19.1. The first-order valence-corrected chi connectivity index (χ1v) is 10.5. The van der Waals surface area contributed by atoms with Gasteiger partial charge in [0.25, 0.3) is 0 Å². The van der Waals surface area contributed by atoms with E-state index in [1.807, 2.05) is 36.4 Å². The highest BCUT2D eigenvalue weighted by molar-refractivity contribution is 5.88. The number of halogens is 2. The average Bonchev–Trinajstić information content (AvgIpc) is 2.66. The molecule has 154 valence electrons. The lowest BCUT2D eigenvalue weighted by molar-refractivity contribution is 0.527. The van der Waals surface area contributed by atoms with Crippen molar-refractivity contribution < 1.29 is 8.78 Å². The molecule has 4 aromatic carbocycles.